The number of hydrogen-bond acceptors (Lipinski definition) is 8. The van der Waals surface area contributed by atoms with E-state index in [0.717, 1.165) is 29.9 Å². The minimum Gasteiger partial charge on any atom is -0.466 e. The maximum Gasteiger partial charge on any atom is 0.338 e. The Morgan fingerprint density at radius 3 is 2.46 bits per heavy atom. The van der Waals surface area contributed by atoms with Gasteiger partial charge in [0.1, 0.15) is 10.3 Å². The number of amides is 1. The number of para-hydroxylation sites is 1. The third-order valence-corrected chi connectivity index (χ3v) is 7.80. The summed E-state index contributed by atoms with van der Waals surface area (Å²) in [7, 11) is 1.27. The Labute approximate surface area is 228 Å². The zero-order chi connectivity index (χ0) is 27.8. The molecule has 0 fully saturated rings. The number of benzene rings is 2. The van der Waals surface area contributed by atoms with E-state index in [9.17, 15) is 19.2 Å². The van der Waals surface area contributed by atoms with Crippen LogP contribution in [0.25, 0.3) is 5.57 Å². The molecule has 39 heavy (non-hydrogen) atoms. The Balaban J connectivity index is 1.75. The van der Waals surface area contributed by atoms with Crippen molar-refractivity contribution in [2.24, 2.45) is 4.99 Å². The van der Waals surface area contributed by atoms with Crippen molar-refractivity contribution < 1.29 is 23.9 Å². The number of allylic oxidation sites excluding steroid dienone is 1. The van der Waals surface area contributed by atoms with E-state index in [1.54, 1.807) is 36.1 Å². The summed E-state index contributed by atoms with van der Waals surface area (Å²) in [5.41, 5.74) is 2.63. The molecule has 3 aromatic rings. The first kappa shape index (κ1) is 26.3. The molecular formula is C29H27N3O6S. The van der Waals surface area contributed by atoms with Crippen LogP contribution in [-0.2, 0) is 19.1 Å². The van der Waals surface area contributed by atoms with Crippen LogP contribution >= 0.6 is 11.3 Å². The molecule has 2 aliphatic heterocycles. The number of esters is 2. The average Bonchev–Trinajstić information content (AvgIpc) is 3.38. The minimum absolute atomic E-state index is 0.212. The summed E-state index contributed by atoms with van der Waals surface area (Å²) in [6.07, 6.45) is 1.76. The first-order valence-corrected chi connectivity index (χ1v) is 13.4. The predicted molar refractivity (Wildman–Crippen MR) is 146 cm³/mol. The molecule has 2 aliphatic rings. The highest BCUT2D eigenvalue weighted by Gasteiger charge is 2.37. The molecule has 0 spiro atoms. The number of carbonyl (C=O) groups is 3. The molecule has 2 aromatic carbocycles. The van der Waals surface area contributed by atoms with Crippen LogP contribution in [0.1, 0.15) is 50.8 Å². The highest BCUT2D eigenvalue weighted by atomic mass is 32.1. The van der Waals surface area contributed by atoms with Gasteiger partial charge in [-0.15, -0.1) is 0 Å². The first-order chi connectivity index (χ1) is 18.8. The summed E-state index contributed by atoms with van der Waals surface area (Å²) in [6.45, 7) is 5.61. The molecule has 0 aliphatic carbocycles. The molecule has 200 valence electrons. The van der Waals surface area contributed by atoms with Crippen molar-refractivity contribution in [3.05, 3.63) is 90.6 Å². The Morgan fingerprint density at radius 2 is 1.79 bits per heavy atom. The fourth-order valence-electron chi connectivity index (χ4n) is 4.98. The molecule has 9 nitrogen and oxygen atoms in total. The molecule has 0 saturated heterocycles. The average molecular weight is 546 g/mol. The smallest absolute Gasteiger partial charge is 0.338 e. The van der Waals surface area contributed by atoms with Crippen molar-refractivity contribution in [1.82, 2.24) is 4.57 Å². The fraction of sp³-hybridized carbons (Fsp3) is 0.276. The standard InChI is InChI=1S/C29H27N3O6S/c1-5-6-15-31-21-10-8-7-9-20(21)23(26(31)34)25-27(35)32-24(18-11-13-19(14-12-18)38-17(3)33)22(28(36)37-4)16(2)30-29(32)39-25/h7-14,24H,5-6,15H2,1-4H3/b25-23-/t24-/m1/s1. The van der Waals surface area contributed by atoms with Crippen molar-refractivity contribution in [3.8, 4) is 5.75 Å². The zero-order valence-corrected chi connectivity index (χ0v) is 22.8. The quantitative estimate of drug-likeness (QED) is 0.348. The van der Waals surface area contributed by atoms with E-state index in [1.165, 1.54) is 18.6 Å². The van der Waals surface area contributed by atoms with Gasteiger partial charge in [0, 0.05) is 19.0 Å². The van der Waals surface area contributed by atoms with E-state index in [4.69, 9.17) is 9.47 Å². The van der Waals surface area contributed by atoms with Crippen LogP contribution in [0.2, 0.25) is 0 Å². The van der Waals surface area contributed by atoms with Gasteiger partial charge in [0.05, 0.1) is 35.7 Å². The number of carbonyl (C=O) groups excluding carboxylic acids is 3. The van der Waals surface area contributed by atoms with Crippen molar-refractivity contribution >= 4 is 40.4 Å². The summed E-state index contributed by atoms with van der Waals surface area (Å²) < 4.78 is 11.9. The van der Waals surface area contributed by atoms with Gasteiger partial charge in [0.15, 0.2) is 4.80 Å². The minimum atomic E-state index is -0.850. The number of fused-ring (bicyclic) bond motifs is 2. The van der Waals surface area contributed by atoms with Gasteiger partial charge in [-0.05, 0) is 37.1 Å². The predicted octanol–water partition coefficient (Wildman–Crippen LogP) is 2.85. The molecule has 0 N–H and O–H groups in total. The summed E-state index contributed by atoms with van der Waals surface area (Å²) in [6, 6.07) is 13.2. The summed E-state index contributed by atoms with van der Waals surface area (Å²) >= 11 is 1.13. The van der Waals surface area contributed by atoms with Gasteiger partial charge in [-0.1, -0.05) is 55.0 Å². The van der Waals surface area contributed by atoms with Crippen LogP contribution in [0, 0.1) is 0 Å². The van der Waals surface area contributed by atoms with Crippen LogP contribution in [0.5, 0.6) is 5.75 Å². The molecule has 1 aromatic heterocycles. The Hall–Kier alpha value is -4.31. The van der Waals surface area contributed by atoms with E-state index in [2.05, 4.69) is 11.9 Å². The van der Waals surface area contributed by atoms with Crippen molar-refractivity contribution in [1.29, 1.82) is 0 Å². The van der Waals surface area contributed by atoms with Crippen molar-refractivity contribution in [2.75, 3.05) is 18.6 Å². The number of methoxy groups -OCH3 is 1. The number of ether oxygens (including phenoxy) is 2. The van der Waals surface area contributed by atoms with E-state index in [0.29, 0.717) is 39.5 Å². The third-order valence-electron chi connectivity index (χ3n) is 6.75. The van der Waals surface area contributed by atoms with E-state index in [-0.39, 0.29) is 16.0 Å². The lowest BCUT2D eigenvalue weighted by Crippen LogP contribution is -2.40. The number of thiazole rings is 1. The van der Waals surface area contributed by atoms with Crippen molar-refractivity contribution in [3.63, 3.8) is 0 Å². The zero-order valence-electron chi connectivity index (χ0n) is 22.0. The maximum atomic E-state index is 14.1. The largest absolute Gasteiger partial charge is 0.466 e. The maximum absolute atomic E-state index is 14.1. The third kappa shape index (κ3) is 4.50. The molecule has 0 radical (unpaired) electrons. The van der Waals surface area contributed by atoms with Crippen LogP contribution in [0.4, 0.5) is 5.69 Å². The second kappa shape index (κ2) is 10.5. The highest BCUT2D eigenvalue weighted by molar-refractivity contribution is 7.07. The Morgan fingerprint density at radius 1 is 1.08 bits per heavy atom. The first-order valence-electron chi connectivity index (χ1n) is 12.6. The molecule has 5 rings (SSSR count). The van der Waals surface area contributed by atoms with Gasteiger partial charge in [0.25, 0.3) is 11.5 Å². The molecule has 0 bridgehead atoms. The number of nitrogens with zero attached hydrogens (tertiary/aromatic N) is 3. The molecule has 10 heteroatoms. The molecule has 1 amide bonds. The molecule has 3 heterocycles. The van der Waals surface area contributed by atoms with Crippen molar-refractivity contribution in [2.45, 2.75) is 39.7 Å². The van der Waals surface area contributed by atoms with Gasteiger partial charge in [-0.25, -0.2) is 9.79 Å². The number of aromatic nitrogens is 1. The van der Waals surface area contributed by atoms with Crippen LogP contribution < -0.4 is 24.5 Å². The topological polar surface area (TPSA) is 107 Å². The second-order valence-corrected chi connectivity index (χ2v) is 10.2. The van der Waals surface area contributed by atoms with Gasteiger partial charge in [0.2, 0.25) is 0 Å². The second-order valence-electron chi connectivity index (χ2n) is 9.26. The monoisotopic (exact) mass is 545 g/mol. The van der Waals surface area contributed by atoms with E-state index < -0.39 is 23.5 Å². The fourth-order valence-corrected chi connectivity index (χ4v) is 6.12. The summed E-state index contributed by atoms with van der Waals surface area (Å²) in [4.78, 5) is 58.8. The lowest BCUT2D eigenvalue weighted by molar-refractivity contribution is -0.136. The van der Waals surface area contributed by atoms with Crippen LogP contribution in [0.3, 0.4) is 0 Å². The van der Waals surface area contributed by atoms with Crippen LogP contribution in [0.15, 0.2) is 69.6 Å². The molecule has 0 saturated carbocycles. The number of anilines is 1. The molecule has 1 atom stereocenters. The summed E-state index contributed by atoms with van der Waals surface area (Å²) in [5.74, 6) is -0.961. The van der Waals surface area contributed by atoms with Gasteiger partial charge < -0.3 is 14.4 Å². The normalized spacial score (nSPS) is 17.5. The van der Waals surface area contributed by atoms with E-state index >= 15 is 0 Å². The molecule has 0 unspecified atom stereocenters. The Kier molecular flexibility index (Phi) is 7.05. The SMILES string of the molecule is CCCCN1C(=O)/C(=c2\sc3n(c2=O)[C@H](c2ccc(OC(C)=O)cc2)C(C(=O)OC)=C(C)N=3)c2ccccc21. The highest BCUT2D eigenvalue weighted by Crippen LogP contribution is 2.36. The lowest BCUT2D eigenvalue weighted by Gasteiger charge is -2.24. The van der Waals surface area contributed by atoms with Crippen LogP contribution in [-0.4, -0.2) is 36.1 Å². The number of hydrogen-bond donors (Lipinski definition) is 0. The van der Waals surface area contributed by atoms with Gasteiger partial charge in [-0.2, -0.15) is 0 Å². The summed E-state index contributed by atoms with van der Waals surface area (Å²) in [5, 5.41) is 0. The van der Waals surface area contributed by atoms with E-state index in [1.807, 2.05) is 24.3 Å². The molecular weight excluding hydrogens is 518 g/mol. The number of unbranched alkanes of at least 4 members (excludes halogenated alkanes) is 1. The van der Waals surface area contributed by atoms with Gasteiger partial charge in [-0.3, -0.25) is 19.0 Å². The lowest BCUT2D eigenvalue weighted by atomic mass is 9.96. The number of rotatable bonds is 6. The Bertz CT molecular complexity index is 1710. The van der Waals surface area contributed by atoms with Gasteiger partial charge >= 0.3 is 11.9 Å².